The quantitative estimate of drug-likeness (QED) is 0.0410. The molecule has 2 nitrogen and oxygen atoms in total. The van der Waals surface area contributed by atoms with Crippen molar-refractivity contribution in [1.29, 1.82) is 5.41 Å². The van der Waals surface area contributed by atoms with Gasteiger partial charge < -0.3 is 5.73 Å². The van der Waals surface area contributed by atoms with Crippen molar-refractivity contribution in [1.82, 2.24) is 0 Å². The van der Waals surface area contributed by atoms with E-state index in [4.69, 9.17) is 11.1 Å². The first-order valence-corrected chi connectivity index (χ1v) is 20.6. The average Bonchev–Trinajstić information content (AvgIpc) is 3.00. The maximum Gasteiger partial charge on any atom is 0.118 e. The number of rotatable bonds is 36. The number of hydrogen-bond acceptors (Lipinski definition) is 1. The lowest BCUT2D eigenvalue weighted by atomic mass is 9.89. The molecule has 262 valence electrons. The van der Waals surface area contributed by atoms with E-state index in [0.29, 0.717) is 11.8 Å². The topological polar surface area (TPSA) is 49.9 Å². The lowest BCUT2D eigenvalue weighted by Crippen LogP contribution is -2.19. The van der Waals surface area contributed by atoms with Gasteiger partial charge in [0.25, 0.3) is 0 Å². The summed E-state index contributed by atoms with van der Waals surface area (Å²) in [6, 6.07) is 0. The lowest BCUT2D eigenvalue weighted by molar-refractivity contribution is 0.525. The van der Waals surface area contributed by atoms with Crippen LogP contribution < -0.4 is 5.73 Å². The van der Waals surface area contributed by atoms with Crippen molar-refractivity contribution in [3.8, 4) is 0 Å². The van der Waals surface area contributed by atoms with Crippen molar-refractivity contribution in [2.45, 2.75) is 246 Å². The molecule has 0 spiro atoms. The van der Waals surface area contributed by atoms with Crippen molar-refractivity contribution in [2.24, 2.45) is 11.7 Å². The van der Waals surface area contributed by atoms with Crippen LogP contribution in [-0.2, 0) is 0 Å². The molecule has 0 aromatic heterocycles. The third-order valence-electron chi connectivity index (χ3n) is 9.91. The third-order valence-corrected chi connectivity index (χ3v) is 9.91. The van der Waals surface area contributed by atoms with Crippen molar-refractivity contribution in [3.63, 3.8) is 0 Å². The van der Waals surface area contributed by atoms with Gasteiger partial charge in [-0.2, -0.15) is 0 Å². The number of nitrogens with two attached hydrogens (primary N) is 1. The van der Waals surface area contributed by atoms with E-state index >= 15 is 0 Å². The van der Waals surface area contributed by atoms with Gasteiger partial charge in [0.15, 0.2) is 0 Å². The highest BCUT2D eigenvalue weighted by Gasteiger charge is 2.13. The number of amidine groups is 1. The Morgan fingerprint density at radius 3 is 0.773 bits per heavy atom. The van der Waals surface area contributed by atoms with Gasteiger partial charge in [-0.3, -0.25) is 5.41 Å². The van der Waals surface area contributed by atoms with Gasteiger partial charge in [0.2, 0.25) is 0 Å². The van der Waals surface area contributed by atoms with E-state index in [1.54, 1.807) is 0 Å². The SMILES string of the molecule is CCCCCCCCCCCCCCCCCCC(CCCCCCCCCCCCCCCCCC)=C(C(=N)N)C(C)C. The van der Waals surface area contributed by atoms with Crippen LogP contribution in [0.2, 0.25) is 0 Å². The third kappa shape index (κ3) is 29.9. The molecule has 0 aromatic rings. The highest BCUT2D eigenvalue weighted by molar-refractivity contribution is 5.95. The molecule has 2 heteroatoms. The Hall–Kier alpha value is -0.790. The monoisotopic (exact) mass is 617 g/mol. The van der Waals surface area contributed by atoms with Crippen LogP contribution >= 0.6 is 0 Å². The Kier molecular flexibility index (Phi) is 34.4. The summed E-state index contributed by atoms with van der Waals surface area (Å²) >= 11 is 0. The van der Waals surface area contributed by atoms with E-state index in [0.717, 1.165) is 18.4 Å². The smallest absolute Gasteiger partial charge is 0.118 e. The molecule has 0 aromatic carbocycles. The van der Waals surface area contributed by atoms with Crippen molar-refractivity contribution < 1.29 is 0 Å². The second kappa shape index (κ2) is 35.1. The predicted octanol–water partition coefficient (Wildman–Crippen LogP) is 15.2. The highest BCUT2D eigenvalue weighted by atomic mass is 14.7. The Morgan fingerprint density at radius 1 is 0.386 bits per heavy atom. The van der Waals surface area contributed by atoms with Crippen LogP contribution in [0.25, 0.3) is 0 Å². The van der Waals surface area contributed by atoms with Crippen LogP contribution in [0.3, 0.4) is 0 Å². The standard InChI is InChI=1S/C42H84N2/c1-5-7-9-11-13-15-17-19-21-23-25-27-29-31-33-35-37-40(41(39(3)4)42(43)44)38-36-34-32-30-28-26-24-22-20-18-16-14-12-10-8-6-2/h39H,5-38H2,1-4H3,(H3,43,44). The number of allylic oxidation sites excluding steroid dienone is 1. The van der Waals surface area contributed by atoms with Crippen LogP contribution in [0.5, 0.6) is 0 Å². The maximum absolute atomic E-state index is 8.23. The molecule has 0 atom stereocenters. The van der Waals surface area contributed by atoms with E-state index in [1.807, 2.05) is 0 Å². The van der Waals surface area contributed by atoms with Gasteiger partial charge in [-0.25, -0.2) is 0 Å². The van der Waals surface area contributed by atoms with E-state index in [1.165, 1.54) is 211 Å². The molecule has 0 radical (unpaired) electrons. The first-order chi connectivity index (χ1) is 21.5. The average molecular weight is 617 g/mol. The first-order valence-electron chi connectivity index (χ1n) is 20.6. The summed E-state index contributed by atoms with van der Waals surface area (Å²) in [5, 5.41) is 8.23. The molecule has 0 aliphatic heterocycles. The predicted molar refractivity (Wildman–Crippen MR) is 202 cm³/mol. The fourth-order valence-electron chi connectivity index (χ4n) is 7.08. The summed E-state index contributed by atoms with van der Waals surface area (Å²) < 4.78 is 0. The summed E-state index contributed by atoms with van der Waals surface area (Å²) in [7, 11) is 0. The van der Waals surface area contributed by atoms with Gasteiger partial charge in [0, 0.05) is 0 Å². The summed E-state index contributed by atoms with van der Waals surface area (Å²) in [6.45, 7) is 9.04. The van der Waals surface area contributed by atoms with Gasteiger partial charge in [-0.05, 0) is 37.2 Å². The molecular formula is C42H84N2. The molecule has 0 unspecified atom stereocenters. The summed E-state index contributed by atoms with van der Waals surface area (Å²) in [4.78, 5) is 0. The van der Waals surface area contributed by atoms with E-state index in [-0.39, 0.29) is 0 Å². The van der Waals surface area contributed by atoms with E-state index in [9.17, 15) is 0 Å². The first kappa shape index (κ1) is 43.2. The summed E-state index contributed by atoms with van der Waals surface area (Å²) in [5.74, 6) is 0.688. The molecular weight excluding hydrogens is 532 g/mol. The van der Waals surface area contributed by atoms with Crippen molar-refractivity contribution in [3.05, 3.63) is 11.1 Å². The molecule has 0 heterocycles. The number of nitrogens with one attached hydrogen (secondary N) is 1. The second-order valence-electron chi connectivity index (χ2n) is 14.7. The Morgan fingerprint density at radius 2 is 0.591 bits per heavy atom. The van der Waals surface area contributed by atoms with Gasteiger partial charge >= 0.3 is 0 Å². The molecule has 0 fully saturated rings. The molecule has 0 aliphatic carbocycles. The second-order valence-corrected chi connectivity index (χ2v) is 14.7. The zero-order valence-corrected chi connectivity index (χ0v) is 31.2. The fourth-order valence-corrected chi connectivity index (χ4v) is 7.08. The molecule has 0 saturated carbocycles. The minimum atomic E-state index is 0.322. The summed E-state index contributed by atoms with van der Waals surface area (Å²) in [5.41, 5.74) is 8.75. The minimum Gasteiger partial charge on any atom is -0.384 e. The number of unbranched alkanes of at least 4 members (excludes halogenated alkanes) is 30. The Labute approximate surface area is 279 Å². The zero-order chi connectivity index (χ0) is 32.4. The molecule has 0 amide bonds. The molecule has 44 heavy (non-hydrogen) atoms. The highest BCUT2D eigenvalue weighted by Crippen LogP contribution is 2.26. The molecule has 0 saturated heterocycles. The molecule has 0 aliphatic rings. The van der Waals surface area contributed by atoms with Crippen LogP contribution in [0.4, 0.5) is 0 Å². The van der Waals surface area contributed by atoms with Crippen molar-refractivity contribution >= 4 is 5.84 Å². The Balaban J connectivity index is 3.87. The van der Waals surface area contributed by atoms with Crippen LogP contribution in [-0.4, -0.2) is 5.84 Å². The molecule has 0 rings (SSSR count). The van der Waals surface area contributed by atoms with Gasteiger partial charge in [0.05, 0.1) is 0 Å². The maximum atomic E-state index is 8.23. The van der Waals surface area contributed by atoms with Crippen LogP contribution in [0, 0.1) is 11.3 Å². The molecule has 0 bridgehead atoms. The summed E-state index contributed by atoms with van der Waals surface area (Å²) in [6.07, 6.45) is 47.6. The van der Waals surface area contributed by atoms with Gasteiger partial charge in [0.1, 0.15) is 5.84 Å². The normalized spacial score (nSPS) is 11.5. The van der Waals surface area contributed by atoms with Gasteiger partial charge in [-0.1, -0.05) is 226 Å². The van der Waals surface area contributed by atoms with Crippen LogP contribution in [0.15, 0.2) is 11.1 Å². The molecule has 3 N–H and O–H groups in total. The van der Waals surface area contributed by atoms with E-state index in [2.05, 4.69) is 27.7 Å². The Bertz CT molecular complexity index is 581. The van der Waals surface area contributed by atoms with Crippen LogP contribution in [0.1, 0.15) is 246 Å². The van der Waals surface area contributed by atoms with Gasteiger partial charge in [-0.15, -0.1) is 0 Å². The lowest BCUT2D eigenvalue weighted by Gasteiger charge is -2.18. The number of hydrogen-bond donors (Lipinski definition) is 2. The zero-order valence-electron chi connectivity index (χ0n) is 31.2. The fraction of sp³-hybridized carbons (Fsp3) is 0.929. The van der Waals surface area contributed by atoms with E-state index < -0.39 is 0 Å². The minimum absolute atomic E-state index is 0.322. The largest absolute Gasteiger partial charge is 0.384 e. The van der Waals surface area contributed by atoms with Crippen molar-refractivity contribution in [2.75, 3.05) is 0 Å².